The number of fused-ring (bicyclic) bond motifs is 1. The highest BCUT2D eigenvalue weighted by Gasteiger charge is 2.22. The van der Waals surface area contributed by atoms with Crippen LogP contribution in [-0.4, -0.2) is 18.5 Å². The number of benzene rings is 1. The fourth-order valence-electron chi connectivity index (χ4n) is 3.39. The van der Waals surface area contributed by atoms with Crippen molar-refractivity contribution in [3.05, 3.63) is 29.3 Å². The van der Waals surface area contributed by atoms with Crippen LogP contribution < -0.4 is 10.6 Å². The highest BCUT2D eigenvalue weighted by molar-refractivity contribution is 5.97. The molecule has 2 aliphatic rings. The number of carbonyl (C=O) groups excluding carboxylic acids is 1. The van der Waals surface area contributed by atoms with Gasteiger partial charge in [-0.05, 0) is 62.1 Å². The lowest BCUT2D eigenvalue weighted by Gasteiger charge is -2.28. The van der Waals surface area contributed by atoms with E-state index in [1.165, 1.54) is 18.4 Å². The van der Waals surface area contributed by atoms with Gasteiger partial charge in [0, 0.05) is 23.8 Å². The van der Waals surface area contributed by atoms with Crippen LogP contribution in [0, 0.1) is 5.92 Å². The zero-order valence-electron chi connectivity index (χ0n) is 12.2. The molecule has 1 aromatic rings. The Morgan fingerprint density at radius 3 is 2.85 bits per heavy atom. The van der Waals surface area contributed by atoms with Crippen molar-refractivity contribution in [2.24, 2.45) is 5.92 Å². The molecule has 0 saturated heterocycles. The zero-order valence-corrected chi connectivity index (χ0v) is 12.2. The van der Waals surface area contributed by atoms with Gasteiger partial charge in [-0.2, -0.15) is 0 Å². The van der Waals surface area contributed by atoms with Gasteiger partial charge in [0.25, 0.3) is 5.91 Å². The Bertz CT molecular complexity index is 490. The van der Waals surface area contributed by atoms with E-state index in [0.717, 1.165) is 49.4 Å². The minimum atomic E-state index is 0.116. The Morgan fingerprint density at radius 2 is 2.05 bits per heavy atom. The van der Waals surface area contributed by atoms with Crippen LogP contribution in [0.2, 0.25) is 0 Å². The van der Waals surface area contributed by atoms with Gasteiger partial charge in [0.05, 0.1) is 0 Å². The largest absolute Gasteiger partial charge is 0.385 e. The SMILES string of the molecule is CC1CCC(NC(=O)c2cccc3c2CCCN3)CC1. The molecule has 1 saturated carbocycles. The van der Waals surface area contributed by atoms with Crippen LogP contribution in [0.4, 0.5) is 5.69 Å². The Balaban J connectivity index is 1.71. The van der Waals surface area contributed by atoms with Gasteiger partial charge >= 0.3 is 0 Å². The quantitative estimate of drug-likeness (QED) is 0.867. The van der Waals surface area contributed by atoms with Crippen molar-refractivity contribution in [2.45, 2.75) is 51.5 Å². The molecule has 20 heavy (non-hydrogen) atoms. The average molecular weight is 272 g/mol. The summed E-state index contributed by atoms with van der Waals surface area (Å²) in [4.78, 5) is 12.5. The van der Waals surface area contributed by atoms with Gasteiger partial charge in [-0.15, -0.1) is 0 Å². The van der Waals surface area contributed by atoms with Crippen molar-refractivity contribution in [2.75, 3.05) is 11.9 Å². The first-order valence-electron chi connectivity index (χ1n) is 7.90. The molecule has 3 rings (SSSR count). The van der Waals surface area contributed by atoms with E-state index in [0.29, 0.717) is 6.04 Å². The summed E-state index contributed by atoms with van der Waals surface area (Å²) in [6, 6.07) is 6.39. The molecule has 1 fully saturated rings. The van der Waals surface area contributed by atoms with E-state index < -0.39 is 0 Å². The lowest BCUT2D eigenvalue weighted by atomic mass is 9.87. The molecule has 3 heteroatoms. The molecule has 1 aliphatic heterocycles. The Labute approximate surface area is 121 Å². The van der Waals surface area contributed by atoms with Gasteiger partial charge in [-0.3, -0.25) is 4.79 Å². The topological polar surface area (TPSA) is 41.1 Å². The normalized spacial score (nSPS) is 25.4. The summed E-state index contributed by atoms with van der Waals surface area (Å²) in [6.07, 6.45) is 6.84. The summed E-state index contributed by atoms with van der Waals surface area (Å²) in [5, 5.41) is 6.63. The van der Waals surface area contributed by atoms with Gasteiger partial charge in [-0.25, -0.2) is 0 Å². The summed E-state index contributed by atoms with van der Waals surface area (Å²) in [5.41, 5.74) is 3.20. The van der Waals surface area contributed by atoms with Crippen LogP contribution in [0.15, 0.2) is 18.2 Å². The number of hydrogen-bond acceptors (Lipinski definition) is 2. The van der Waals surface area contributed by atoms with E-state index in [-0.39, 0.29) is 5.91 Å². The fourth-order valence-corrected chi connectivity index (χ4v) is 3.39. The number of nitrogens with one attached hydrogen (secondary N) is 2. The van der Waals surface area contributed by atoms with Crippen molar-refractivity contribution in [1.29, 1.82) is 0 Å². The van der Waals surface area contributed by atoms with Gasteiger partial charge in [0.2, 0.25) is 0 Å². The summed E-state index contributed by atoms with van der Waals surface area (Å²) in [7, 11) is 0. The third-order valence-corrected chi connectivity index (χ3v) is 4.69. The molecule has 1 aliphatic carbocycles. The highest BCUT2D eigenvalue weighted by atomic mass is 16.1. The van der Waals surface area contributed by atoms with E-state index >= 15 is 0 Å². The number of hydrogen-bond donors (Lipinski definition) is 2. The molecule has 0 aromatic heterocycles. The summed E-state index contributed by atoms with van der Waals surface area (Å²) < 4.78 is 0. The third-order valence-electron chi connectivity index (χ3n) is 4.69. The molecule has 0 spiro atoms. The van der Waals surface area contributed by atoms with Crippen molar-refractivity contribution >= 4 is 11.6 Å². The monoisotopic (exact) mass is 272 g/mol. The van der Waals surface area contributed by atoms with Crippen LogP contribution >= 0.6 is 0 Å². The average Bonchev–Trinajstić information content (AvgIpc) is 2.49. The molecule has 0 unspecified atom stereocenters. The predicted molar refractivity (Wildman–Crippen MR) is 82.1 cm³/mol. The third kappa shape index (κ3) is 2.82. The van der Waals surface area contributed by atoms with E-state index in [9.17, 15) is 4.79 Å². The first-order chi connectivity index (χ1) is 9.74. The molecular weight excluding hydrogens is 248 g/mol. The number of amides is 1. The van der Waals surface area contributed by atoms with E-state index in [4.69, 9.17) is 0 Å². The molecule has 108 valence electrons. The molecule has 0 radical (unpaired) electrons. The van der Waals surface area contributed by atoms with Crippen LogP contribution in [0.5, 0.6) is 0 Å². The first-order valence-corrected chi connectivity index (χ1v) is 7.90. The second kappa shape index (κ2) is 5.86. The second-order valence-corrected chi connectivity index (χ2v) is 6.29. The van der Waals surface area contributed by atoms with Gasteiger partial charge < -0.3 is 10.6 Å². The van der Waals surface area contributed by atoms with E-state index in [2.05, 4.69) is 23.6 Å². The van der Waals surface area contributed by atoms with Crippen molar-refractivity contribution in [3.8, 4) is 0 Å². The van der Waals surface area contributed by atoms with E-state index in [1.54, 1.807) is 0 Å². The number of anilines is 1. The smallest absolute Gasteiger partial charge is 0.251 e. The van der Waals surface area contributed by atoms with Gasteiger partial charge in [0.1, 0.15) is 0 Å². The van der Waals surface area contributed by atoms with Crippen LogP contribution in [0.3, 0.4) is 0 Å². The lowest BCUT2D eigenvalue weighted by molar-refractivity contribution is 0.0922. The Hall–Kier alpha value is -1.51. The van der Waals surface area contributed by atoms with E-state index in [1.807, 2.05) is 12.1 Å². The molecule has 1 heterocycles. The maximum atomic E-state index is 12.5. The number of carbonyl (C=O) groups is 1. The standard InChI is InChI=1S/C17H24N2O/c1-12-7-9-13(10-8-12)19-17(20)15-4-2-6-16-14(15)5-3-11-18-16/h2,4,6,12-13,18H,3,5,7-11H2,1H3,(H,19,20). The van der Waals surface area contributed by atoms with Gasteiger partial charge in [-0.1, -0.05) is 13.0 Å². The highest BCUT2D eigenvalue weighted by Crippen LogP contribution is 2.27. The molecule has 2 N–H and O–H groups in total. The Kier molecular flexibility index (Phi) is 3.95. The molecule has 1 aromatic carbocycles. The Morgan fingerprint density at radius 1 is 1.25 bits per heavy atom. The molecule has 1 amide bonds. The van der Waals surface area contributed by atoms with Gasteiger partial charge in [0.15, 0.2) is 0 Å². The van der Waals surface area contributed by atoms with Crippen LogP contribution in [0.1, 0.15) is 54.9 Å². The first kappa shape index (κ1) is 13.5. The minimum absolute atomic E-state index is 0.116. The van der Waals surface area contributed by atoms with Crippen LogP contribution in [0.25, 0.3) is 0 Å². The van der Waals surface area contributed by atoms with Crippen LogP contribution in [-0.2, 0) is 6.42 Å². The maximum Gasteiger partial charge on any atom is 0.251 e. The minimum Gasteiger partial charge on any atom is -0.385 e. The summed E-state index contributed by atoms with van der Waals surface area (Å²) in [5.74, 6) is 0.932. The molecule has 0 bridgehead atoms. The fraction of sp³-hybridized carbons (Fsp3) is 0.588. The molecular formula is C17H24N2O. The maximum absolute atomic E-state index is 12.5. The lowest BCUT2D eigenvalue weighted by Crippen LogP contribution is -2.38. The van der Waals surface area contributed by atoms with Crippen molar-refractivity contribution in [3.63, 3.8) is 0 Å². The zero-order chi connectivity index (χ0) is 13.9. The second-order valence-electron chi connectivity index (χ2n) is 6.29. The summed E-state index contributed by atoms with van der Waals surface area (Å²) in [6.45, 7) is 3.32. The van der Waals surface area contributed by atoms with Crippen molar-refractivity contribution in [1.82, 2.24) is 5.32 Å². The predicted octanol–water partition coefficient (Wildman–Crippen LogP) is 3.35. The molecule has 0 atom stereocenters. The van der Waals surface area contributed by atoms with Crippen molar-refractivity contribution < 1.29 is 4.79 Å². The summed E-state index contributed by atoms with van der Waals surface area (Å²) >= 11 is 0. The molecule has 3 nitrogen and oxygen atoms in total. The number of rotatable bonds is 2.